The molecule has 0 aliphatic heterocycles. The Hall–Kier alpha value is -1.76. The number of nitro benzene ring substituents is 1. The summed E-state index contributed by atoms with van der Waals surface area (Å²) < 4.78 is 0. The Balaban J connectivity index is 2.16. The second kappa shape index (κ2) is 6.80. The molecule has 2 rings (SSSR count). The molecule has 7 heteroatoms. The first-order valence-corrected chi connectivity index (χ1v) is 8.14. The summed E-state index contributed by atoms with van der Waals surface area (Å²) in [5.74, 6) is -0.255. The first-order valence-electron chi connectivity index (χ1n) is 6.85. The van der Waals surface area contributed by atoms with Gasteiger partial charge in [0.1, 0.15) is 5.69 Å². The molecule has 1 fully saturated rings. The first-order chi connectivity index (χ1) is 10.1. The number of nitrogens with zero attached hydrogens (tertiary/aromatic N) is 1. The van der Waals surface area contributed by atoms with Crippen LogP contribution in [0.4, 0.5) is 11.4 Å². The van der Waals surface area contributed by atoms with Gasteiger partial charge in [-0.25, -0.2) is 0 Å². The standard InChI is InChI=1S/C14H19N3O3S/c1-15-13-11(4-3-5-12(13)17(19)20)14(18)16-9-6-7-10(8-9)21-2/h3-5,9-10,15H,6-8H2,1-2H3,(H,16,18). The maximum atomic E-state index is 12.4. The number of carbonyl (C=O) groups excluding carboxylic acids is 1. The summed E-state index contributed by atoms with van der Waals surface area (Å²) in [7, 11) is 1.58. The van der Waals surface area contributed by atoms with Gasteiger partial charge in [0.25, 0.3) is 11.6 Å². The van der Waals surface area contributed by atoms with E-state index in [1.165, 1.54) is 12.1 Å². The summed E-state index contributed by atoms with van der Waals surface area (Å²) in [5, 5.41) is 17.4. The molecule has 0 saturated heterocycles. The van der Waals surface area contributed by atoms with Gasteiger partial charge in [-0.2, -0.15) is 11.8 Å². The van der Waals surface area contributed by atoms with Crippen molar-refractivity contribution in [1.82, 2.24) is 5.32 Å². The fourth-order valence-electron chi connectivity index (χ4n) is 2.69. The van der Waals surface area contributed by atoms with Gasteiger partial charge in [0.05, 0.1) is 10.5 Å². The van der Waals surface area contributed by atoms with Crippen molar-refractivity contribution in [1.29, 1.82) is 0 Å². The van der Waals surface area contributed by atoms with Gasteiger partial charge in [-0.05, 0) is 31.6 Å². The molecular formula is C14H19N3O3S. The van der Waals surface area contributed by atoms with E-state index in [1.807, 2.05) is 11.8 Å². The molecule has 1 aromatic rings. The van der Waals surface area contributed by atoms with Gasteiger partial charge in [0.2, 0.25) is 0 Å². The van der Waals surface area contributed by atoms with Crippen LogP contribution in [0.2, 0.25) is 0 Å². The van der Waals surface area contributed by atoms with Crippen molar-refractivity contribution in [3.8, 4) is 0 Å². The van der Waals surface area contributed by atoms with Crippen molar-refractivity contribution in [2.24, 2.45) is 0 Å². The Morgan fingerprint density at radius 1 is 1.43 bits per heavy atom. The predicted molar refractivity (Wildman–Crippen MR) is 85.1 cm³/mol. The Morgan fingerprint density at radius 3 is 2.76 bits per heavy atom. The van der Waals surface area contributed by atoms with Crippen molar-refractivity contribution < 1.29 is 9.72 Å². The van der Waals surface area contributed by atoms with Gasteiger partial charge in [-0.15, -0.1) is 0 Å². The van der Waals surface area contributed by atoms with Gasteiger partial charge >= 0.3 is 0 Å². The molecule has 0 radical (unpaired) electrons. The number of carbonyl (C=O) groups is 1. The predicted octanol–water partition coefficient (Wildman–Crippen LogP) is 2.65. The third-order valence-electron chi connectivity index (χ3n) is 3.79. The van der Waals surface area contributed by atoms with E-state index in [2.05, 4.69) is 16.9 Å². The Bertz CT molecular complexity index is 550. The molecular weight excluding hydrogens is 290 g/mol. The van der Waals surface area contributed by atoms with Crippen LogP contribution in [0.3, 0.4) is 0 Å². The number of para-hydroxylation sites is 1. The number of hydrogen-bond acceptors (Lipinski definition) is 5. The number of benzene rings is 1. The van der Waals surface area contributed by atoms with E-state index in [9.17, 15) is 14.9 Å². The largest absolute Gasteiger partial charge is 0.382 e. The van der Waals surface area contributed by atoms with Crippen molar-refractivity contribution >= 4 is 29.0 Å². The van der Waals surface area contributed by atoms with E-state index in [4.69, 9.17) is 0 Å². The highest BCUT2D eigenvalue weighted by Crippen LogP contribution is 2.30. The molecule has 2 N–H and O–H groups in total. The molecule has 0 bridgehead atoms. The van der Waals surface area contributed by atoms with Gasteiger partial charge in [0.15, 0.2) is 0 Å². The lowest BCUT2D eigenvalue weighted by molar-refractivity contribution is -0.384. The summed E-state index contributed by atoms with van der Waals surface area (Å²) in [4.78, 5) is 22.9. The molecule has 0 spiro atoms. The molecule has 1 saturated carbocycles. The zero-order valence-electron chi connectivity index (χ0n) is 12.1. The molecule has 1 aliphatic rings. The maximum Gasteiger partial charge on any atom is 0.293 e. The van der Waals surface area contributed by atoms with Gasteiger partial charge in [0, 0.05) is 24.4 Å². The summed E-state index contributed by atoms with van der Waals surface area (Å²) in [6, 6.07) is 4.68. The van der Waals surface area contributed by atoms with Crippen LogP contribution in [0.15, 0.2) is 18.2 Å². The number of nitrogens with one attached hydrogen (secondary N) is 2. The zero-order chi connectivity index (χ0) is 15.4. The molecule has 6 nitrogen and oxygen atoms in total. The van der Waals surface area contributed by atoms with Gasteiger partial charge < -0.3 is 10.6 Å². The quantitative estimate of drug-likeness (QED) is 0.645. The van der Waals surface area contributed by atoms with Crippen LogP contribution in [0.25, 0.3) is 0 Å². The topological polar surface area (TPSA) is 84.3 Å². The molecule has 114 valence electrons. The number of nitro groups is 1. The highest BCUT2D eigenvalue weighted by molar-refractivity contribution is 7.99. The summed E-state index contributed by atoms with van der Waals surface area (Å²) in [6.07, 6.45) is 5.09. The van der Waals surface area contributed by atoms with Crippen molar-refractivity contribution in [3.05, 3.63) is 33.9 Å². The van der Waals surface area contributed by atoms with E-state index >= 15 is 0 Å². The normalized spacial score (nSPS) is 21.0. The van der Waals surface area contributed by atoms with Crippen LogP contribution >= 0.6 is 11.8 Å². The second-order valence-corrected chi connectivity index (χ2v) is 6.19. The fraction of sp³-hybridized carbons (Fsp3) is 0.500. The zero-order valence-corrected chi connectivity index (χ0v) is 12.9. The molecule has 1 aromatic carbocycles. The van der Waals surface area contributed by atoms with E-state index in [-0.39, 0.29) is 23.3 Å². The highest BCUT2D eigenvalue weighted by Gasteiger charge is 2.27. The number of anilines is 1. The lowest BCUT2D eigenvalue weighted by Gasteiger charge is -2.15. The van der Waals surface area contributed by atoms with E-state index < -0.39 is 4.92 Å². The van der Waals surface area contributed by atoms with Crippen molar-refractivity contribution in [2.45, 2.75) is 30.6 Å². The van der Waals surface area contributed by atoms with Gasteiger partial charge in [-0.3, -0.25) is 14.9 Å². The number of hydrogen-bond donors (Lipinski definition) is 2. The Morgan fingerprint density at radius 2 is 2.19 bits per heavy atom. The lowest BCUT2D eigenvalue weighted by Crippen LogP contribution is -2.33. The van der Waals surface area contributed by atoms with Crippen LogP contribution in [0.5, 0.6) is 0 Å². The lowest BCUT2D eigenvalue weighted by atomic mass is 10.1. The molecule has 1 amide bonds. The van der Waals surface area contributed by atoms with E-state index in [0.717, 1.165) is 19.3 Å². The smallest absolute Gasteiger partial charge is 0.293 e. The minimum atomic E-state index is -0.484. The molecule has 21 heavy (non-hydrogen) atoms. The molecule has 2 unspecified atom stereocenters. The number of thioether (sulfide) groups is 1. The fourth-order valence-corrected chi connectivity index (χ4v) is 3.49. The molecule has 0 aromatic heterocycles. The second-order valence-electron chi connectivity index (χ2n) is 5.05. The SMILES string of the molecule is CNc1c(C(=O)NC2CCC(SC)C2)cccc1[N+](=O)[O-]. The van der Waals surface area contributed by atoms with Crippen LogP contribution in [-0.4, -0.2) is 35.4 Å². The molecule has 1 aliphatic carbocycles. The Labute approximate surface area is 127 Å². The number of rotatable bonds is 5. The summed E-state index contributed by atoms with van der Waals surface area (Å²) in [5.41, 5.74) is 0.497. The first kappa shape index (κ1) is 15.6. The summed E-state index contributed by atoms with van der Waals surface area (Å²) in [6.45, 7) is 0. The third-order valence-corrected chi connectivity index (χ3v) is 4.88. The average molecular weight is 309 g/mol. The van der Waals surface area contributed by atoms with Crippen molar-refractivity contribution in [2.75, 3.05) is 18.6 Å². The minimum Gasteiger partial charge on any atom is -0.382 e. The monoisotopic (exact) mass is 309 g/mol. The molecule has 0 heterocycles. The van der Waals surface area contributed by atoms with Crippen LogP contribution in [0, 0.1) is 10.1 Å². The van der Waals surface area contributed by atoms with E-state index in [1.54, 1.807) is 13.1 Å². The summed E-state index contributed by atoms with van der Waals surface area (Å²) >= 11 is 1.82. The average Bonchev–Trinajstić information content (AvgIpc) is 2.93. The van der Waals surface area contributed by atoms with Crippen LogP contribution < -0.4 is 10.6 Å². The maximum absolute atomic E-state index is 12.4. The molecule has 2 atom stereocenters. The minimum absolute atomic E-state index is 0.0847. The Kier molecular flexibility index (Phi) is 5.06. The van der Waals surface area contributed by atoms with Crippen molar-refractivity contribution in [3.63, 3.8) is 0 Å². The van der Waals surface area contributed by atoms with Gasteiger partial charge in [-0.1, -0.05) is 6.07 Å². The third kappa shape index (κ3) is 3.47. The highest BCUT2D eigenvalue weighted by atomic mass is 32.2. The van der Waals surface area contributed by atoms with E-state index in [0.29, 0.717) is 10.8 Å². The number of amides is 1. The van der Waals surface area contributed by atoms with Crippen LogP contribution in [0.1, 0.15) is 29.6 Å². The van der Waals surface area contributed by atoms with Crippen LogP contribution in [-0.2, 0) is 0 Å².